The maximum Gasteiger partial charge on any atom is 0.309 e. The summed E-state index contributed by atoms with van der Waals surface area (Å²) in [5.74, 6) is 0.141. The fourth-order valence-electron chi connectivity index (χ4n) is 3.87. The number of nitrogens with one attached hydrogen (secondary N) is 2. The van der Waals surface area contributed by atoms with Crippen LogP contribution in [0, 0.1) is 5.92 Å². The van der Waals surface area contributed by atoms with Crippen molar-refractivity contribution in [2.75, 3.05) is 36.9 Å². The number of piperidine rings is 1. The van der Waals surface area contributed by atoms with Crippen molar-refractivity contribution in [3.05, 3.63) is 60.9 Å². The Labute approximate surface area is 198 Å². The van der Waals surface area contributed by atoms with Gasteiger partial charge < -0.3 is 15.4 Å². The number of likely N-dealkylation sites (tertiary alicyclic amines) is 1. The predicted molar refractivity (Wildman–Crippen MR) is 129 cm³/mol. The monoisotopic (exact) mass is 460 g/mol. The summed E-state index contributed by atoms with van der Waals surface area (Å²) in [6, 6.07) is 14.9. The van der Waals surface area contributed by atoms with Gasteiger partial charge in [-0.15, -0.1) is 0 Å². The Morgan fingerprint density at radius 2 is 1.82 bits per heavy atom. The van der Waals surface area contributed by atoms with Gasteiger partial charge in [-0.1, -0.05) is 12.1 Å². The minimum atomic E-state index is -0.134. The summed E-state index contributed by atoms with van der Waals surface area (Å²) in [6.07, 6.45) is 4.82. The number of rotatable bonds is 8. The lowest BCUT2D eigenvalue weighted by molar-refractivity contribution is -0.149. The summed E-state index contributed by atoms with van der Waals surface area (Å²) in [5, 5.41) is 6.12. The van der Waals surface area contributed by atoms with E-state index in [4.69, 9.17) is 4.74 Å². The molecule has 1 aromatic carbocycles. The first kappa shape index (κ1) is 23.3. The molecule has 2 N–H and O–H groups in total. The van der Waals surface area contributed by atoms with E-state index in [-0.39, 0.29) is 24.3 Å². The van der Waals surface area contributed by atoms with E-state index in [1.807, 2.05) is 49.4 Å². The van der Waals surface area contributed by atoms with Crippen LogP contribution in [0.1, 0.15) is 19.8 Å². The maximum atomic E-state index is 12.6. The second-order valence-corrected chi connectivity index (χ2v) is 8.04. The molecule has 34 heavy (non-hydrogen) atoms. The van der Waals surface area contributed by atoms with Gasteiger partial charge in [0.25, 0.3) is 0 Å². The van der Waals surface area contributed by atoms with Crippen molar-refractivity contribution in [2.24, 2.45) is 5.92 Å². The molecule has 0 spiro atoms. The SMILES string of the molecule is CCOC(=O)C1CCN(CC(=O)Nc2cccc(Nc3nccc(-c4ccccn4)n3)c2)CC1. The first-order chi connectivity index (χ1) is 16.6. The molecule has 176 valence electrons. The molecular weight excluding hydrogens is 432 g/mol. The van der Waals surface area contributed by atoms with Crippen molar-refractivity contribution < 1.29 is 14.3 Å². The summed E-state index contributed by atoms with van der Waals surface area (Å²) in [6.45, 7) is 3.89. The van der Waals surface area contributed by atoms with Crippen LogP contribution in [-0.2, 0) is 14.3 Å². The van der Waals surface area contributed by atoms with Crippen LogP contribution in [-0.4, -0.2) is 58.0 Å². The lowest BCUT2D eigenvalue weighted by atomic mass is 9.97. The number of benzene rings is 1. The molecule has 1 aliphatic rings. The van der Waals surface area contributed by atoms with E-state index in [9.17, 15) is 9.59 Å². The highest BCUT2D eigenvalue weighted by Gasteiger charge is 2.26. The zero-order valence-electron chi connectivity index (χ0n) is 19.1. The van der Waals surface area contributed by atoms with Crippen LogP contribution in [0.15, 0.2) is 60.9 Å². The Kier molecular flexibility index (Phi) is 7.77. The predicted octanol–water partition coefficient (Wildman–Crippen LogP) is 3.50. The van der Waals surface area contributed by atoms with E-state index in [0.29, 0.717) is 49.9 Å². The number of nitrogens with zero attached hydrogens (tertiary/aromatic N) is 4. The molecule has 0 aliphatic carbocycles. The number of esters is 1. The average molecular weight is 461 g/mol. The molecule has 3 aromatic rings. The standard InChI is InChI=1S/C25H28N6O3/c1-2-34-24(33)18-10-14-31(15-11-18)17-23(32)28-19-6-5-7-20(16-19)29-25-27-13-9-22(30-25)21-8-3-4-12-26-21/h3-9,12-13,16,18H,2,10-11,14-15,17H2,1H3,(H,28,32)(H,27,29,30). The number of carbonyl (C=O) groups is 2. The molecule has 0 radical (unpaired) electrons. The third-order valence-corrected chi connectivity index (χ3v) is 5.56. The van der Waals surface area contributed by atoms with E-state index in [0.717, 1.165) is 11.4 Å². The molecule has 0 saturated carbocycles. The number of pyridine rings is 1. The van der Waals surface area contributed by atoms with Gasteiger partial charge in [-0.05, 0) is 69.3 Å². The average Bonchev–Trinajstić information content (AvgIpc) is 2.85. The Balaban J connectivity index is 1.31. The van der Waals surface area contributed by atoms with Gasteiger partial charge in [0, 0.05) is 23.8 Å². The lowest BCUT2D eigenvalue weighted by Crippen LogP contribution is -2.41. The number of amides is 1. The highest BCUT2D eigenvalue weighted by molar-refractivity contribution is 5.92. The molecule has 2 aromatic heterocycles. The van der Waals surface area contributed by atoms with Crippen LogP contribution in [0.3, 0.4) is 0 Å². The van der Waals surface area contributed by atoms with Gasteiger partial charge in [-0.25, -0.2) is 9.97 Å². The minimum absolute atomic E-state index is 0.0691. The maximum absolute atomic E-state index is 12.6. The zero-order valence-corrected chi connectivity index (χ0v) is 19.1. The molecule has 0 bridgehead atoms. The molecule has 9 nitrogen and oxygen atoms in total. The molecule has 1 fully saturated rings. The van der Waals surface area contributed by atoms with E-state index < -0.39 is 0 Å². The fraction of sp³-hybridized carbons (Fsp3) is 0.320. The number of carbonyl (C=O) groups excluding carboxylic acids is 2. The fourth-order valence-corrected chi connectivity index (χ4v) is 3.87. The van der Waals surface area contributed by atoms with Crippen LogP contribution in [0.5, 0.6) is 0 Å². The summed E-state index contributed by atoms with van der Waals surface area (Å²) in [5.41, 5.74) is 2.91. The molecule has 3 heterocycles. The van der Waals surface area contributed by atoms with Gasteiger partial charge in [0.15, 0.2) is 0 Å². The van der Waals surface area contributed by atoms with Crippen molar-refractivity contribution in [1.82, 2.24) is 19.9 Å². The normalized spacial score (nSPS) is 14.4. The van der Waals surface area contributed by atoms with Gasteiger partial charge >= 0.3 is 5.97 Å². The molecule has 9 heteroatoms. The molecule has 1 saturated heterocycles. The highest BCUT2D eigenvalue weighted by Crippen LogP contribution is 2.21. The van der Waals surface area contributed by atoms with E-state index in [1.165, 1.54) is 0 Å². The minimum Gasteiger partial charge on any atom is -0.466 e. The number of aromatic nitrogens is 3. The van der Waals surface area contributed by atoms with Gasteiger partial charge in [-0.2, -0.15) is 0 Å². The largest absolute Gasteiger partial charge is 0.466 e. The first-order valence-electron chi connectivity index (χ1n) is 11.4. The van der Waals surface area contributed by atoms with E-state index >= 15 is 0 Å². The second-order valence-electron chi connectivity index (χ2n) is 8.04. The van der Waals surface area contributed by atoms with Crippen molar-refractivity contribution in [3.8, 4) is 11.4 Å². The third kappa shape index (κ3) is 6.35. The number of anilines is 3. The number of ether oxygens (including phenoxy) is 1. The van der Waals surface area contributed by atoms with Crippen molar-refractivity contribution in [3.63, 3.8) is 0 Å². The Morgan fingerprint density at radius 1 is 1.00 bits per heavy atom. The van der Waals surface area contributed by atoms with Gasteiger partial charge in [0.1, 0.15) is 0 Å². The van der Waals surface area contributed by atoms with Crippen LogP contribution >= 0.6 is 0 Å². The van der Waals surface area contributed by atoms with Crippen LogP contribution in [0.2, 0.25) is 0 Å². The first-order valence-corrected chi connectivity index (χ1v) is 11.4. The van der Waals surface area contributed by atoms with Crippen molar-refractivity contribution in [1.29, 1.82) is 0 Å². The summed E-state index contributed by atoms with van der Waals surface area (Å²) >= 11 is 0. The smallest absolute Gasteiger partial charge is 0.309 e. The Bertz CT molecular complexity index is 1120. The zero-order chi connectivity index (χ0) is 23.8. The number of hydrogen-bond acceptors (Lipinski definition) is 8. The molecule has 1 aliphatic heterocycles. The van der Waals surface area contributed by atoms with E-state index in [1.54, 1.807) is 18.5 Å². The van der Waals surface area contributed by atoms with Gasteiger partial charge in [-0.3, -0.25) is 19.5 Å². The molecule has 0 unspecified atom stereocenters. The van der Waals surface area contributed by atoms with Crippen LogP contribution in [0.4, 0.5) is 17.3 Å². The van der Waals surface area contributed by atoms with Crippen LogP contribution in [0.25, 0.3) is 11.4 Å². The van der Waals surface area contributed by atoms with Crippen LogP contribution < -0.4 is 10.6 Å². The topological polar surface area (TPSA) is 109 Å². The Hall–Kier alpha value is -3.85. The summed E-state index contributed by atoms with van der Waals surface area (Å²) < 4.78 is 5.10. The van der Waals surface area contributed by atoms with E-state index in [2.05, 4.69) is 30.5 Å². The lowest BCUT2D eigenvalue weighted by Gasteiger charge is -2.30. The molecule has 1 amide bonds. The third-order valence-electron chi connectivity index (χ3n) is 5.56. The number of hydrogen-bond donors (Lipinski definition) is 2. The van der Waals surface area contributed by atoms with Gasteiger partial charge in [0.05, 0.1) is 30.5 Å². The quantitative estimate of drug-likeness (QED) is 0.492. The highest BCUT2D eigenvalue weighted by atomic mass is 16.5. The Morgan fingerprint density at radius 3 is 2.59 bits per heavy atom. The van der Waals surface area contributed by atoms with Crippen molar-refractivity contribution in [2.45, 2.75) is 19.8 Å². The second kappa shape index (κ2) is 11.3. The summed E-state index contributed by atoms with van der Waals surface area (Å²) in [4.78, 5) is 39.6. The molecule has 0 atom stereocenters. The summed E-state index contributed by atoms with van der Waals surface area (Å²) in [7, 11) is 0. The molecular formula is C25H28N6O3. The van der Waals surface area contributed by atoms with Gasteiger partial charge in [0.2, 0.25) is 11.9 Å². The van der Waals surface area contributed by atoms with Crippen molar-refractivity contribution >= 4 is 29.2 Å². The molecule has 4 rings (SSSR count).